The van der Waals surface area contributed by atoms with Gasteiger partial charge in [0.15, 0.2) is 16.1 Å². The maximum atomic E-state index is 12.0. The predicted octanol–water partition coefficient (Wildman–Crippen LogP) is 3.24. The van der Waals surface area contributed by atoms with Crippen molar-refractivity contribution in [3.05, 3.63) is 54.3 Å². The quantitative estimate of drug-likeness (QED) is 0.400. The summed E-state index contributed by atoms with van der Waals surface area (Å²) in [6, 6.07) is 7.30. The molecular weight excluding hydrogens is 398 g/mol. The van der Waals surface area contributed by atoms with Gasteiger partial charge in [0.25, 0.3) is 0 Å². The predicted molar refractivity (Wildman–Crippen MR) is 109 cm³/mol. The van der Waals surface area contributed by atoms with Crippen molar-refractivity contribution in [2.45, 2.75) is 18.3 Å². The van der Waals surface area contributed by atoms with Crippen molar-refractivity contribution in [2.24, 2.45) is 0 Å². The number of carbonyl (C=O) groups is 1. The van der Waals surface area contributed by atoms with Crippen molar-refractivity contribution >= 4 is 34.1 Å². The zero-order valence-corrected chi connectivity index (χ0v) is 16.8. The van der Waals surface area contributed by atoms with E-state index in [0.717, 1.165) is 5.75 Å². The lowest BCUT2D eigenvalue weighted by Gasteiger charge is -2.09. The molecule has 0 fully saturated rings. The molecule has 0 aliphatic rings. The van der Waals surface area contributed by atoms with Crippen LogP contribution in [0.4, 0.5) is 5.13 Å². The molecule has 1 N–H and O–H groups in total. The highest BCUT2D eigenvalue weighted by Gasteiger charge is 2.14. The van der Waals surface area contributed by atoms with E-state index >= 15 is 0 Å². The van der Waals surface area contributed by atoms with Gasteiger partial charge >= 0.3 is 0 Å². The molecule has 0 aliphatic heterocycles. The molecule has 0 aliphatic carbocycles. The molecule has 0 saturated heterocycles. The second-order valence-corrected chi connectivity index (χ2v) is 7.27. The van der Waals surface area contributed by atoms with E-state index in [9.17, 15) is 4.79 Å². The number of amides is 1. The van der Waals surface area contributed by atoms with Crippen LogP contribution in [0.15, 0.2) is 53.7 Å². The third kappa shape index (κ3) is 5.33. The van der Waals surface area contributed by atoms with E-state index in [1.54, 1.807) is 24.8 Å². The molecular formula is C18H19N5O3S2. The molecule has 10 heteroatoms. The second-order valence-electron chi connectivity index (χ2n) is 5.44. The van der Waals surface area contributed by atoms with Crippen molar-refractivity contribution in [3.8, 4) is 11.5 Å². The number of hydrogen-bond donors (Lipinski definition) is 1. The number of carbonyl (C=O) groups excluding carboxylic acids is 1. The van der Waals surface area contributed by atoms with Crippen LogP contribution in [0.5, 0.6) is 11.5 Å². The molecule has 8 nitrogen and oxygen atoms in total. The van der Waals surface area contributed by atoms with Crippen LogP contribution >= 0.6 is 23.1 Å². The number of nitrogens with one attached hydrogen (secondary N) is 1. The van der Waals surface area contributed by atoms with E-state index in [1.165, 1.54) is 23.1 Å². The smallest absolute Gasteiger partial charge is 0.236 e. The number of aromatic nitrogens is 4. The summed E-state index contributed by atoms with van der Waals surface area (Å²) in [5, 5.41) is 14.1. The number of ether oxygens (including phenoxy) is 2. The van der Waals surface area contributed by atoms with Gasteiger partial charge < -0.3 is 14.8 Å². The fourth-order valence-corrected chi connectivity index (χ4v) is 3.55. The van der Waals surface area contributed by atoms with Gasteiger partial charge in [0.1, 0.15) is 18.1 Å². The molecule has 0 unspecified atom stereocenters. The van der Waals surface area contributed by atoms with E-state index < -0.39 is 0 Å². The van der Waals surface area contributed by atoms with Crippen molar-refractivity contribution in [2.75, 3.05) is 18.2 Å². The van der Waals surface area contributed by atoms with Crippen molar-refractivity contribution in [1.82, 2.24) is 19.7 Å². The van der Waals surface area contributed by atoms with Gasteiger partial charge in [0.05, 0.1) is 12.9 Å². The Labute approximate surface area is 170 Å². The molecule has 0 saturated carbocycles. The van der Waals surface area contributed by atoms with Crippen LogP contribution < -0.4 is 14.8 Å². The molecule has 2 heterocycles. The third-order valence-corrected chi connectivity index (χ3v) is 5.20. The molecule has 28 heavy (non-hydrogen) atoms. The van der Waals surface area contributed by atoms with Gasteiger partial charge in [-0.1, -0.05) is 17.8 Å². The molecule has 0 bridgehead atoms. The minimum absolute atomic E-state index is 0.149. The monoisotopic (exact) mass is 417 g/mol. The van der Waals surface area contributed by atoms with Crippen LogP contribution in [0, 0.1) is 0 Å². The largest absolute Gasteiger partial charge is 0.497 e. The molecule has 0 atom stereocenters. The van der Waals surface area contributed by atoms with Crippen LogP contribution in [0.2, 0.25) is 0 Å². The molecule has 1 amide bonds. The Balaban J connectivity index is 1.60. The zero-order valence-electron chi connectivity index (χ0n) is 15.2. The first-order chi connectivity index (χ1) is 13.7. The summed E-state index contributed by atoms with van der Waals surface area (Å²) >= 11 is 2.67. The number of thioether (sulfide) groups is 1. The highest BCUT2D eigenvalue weighted by atomic mass is 32.2. The first kappa shape index (κ1) is 19.9. The first-order valence-electron chi connectivity index (χ1n) is 8.31. The Morgan fingerprint density at radius 2 is 2.11 bits per heavy atom. The molecule has 146 valence electrons. The maximum Gasteiger partial charge on any atom is 0.236 e. The Morgan fingerprint density at radius 3 is 2.79 bits per heavy atom. The Kier molecular flexibility index (Phi) is 7.04. The van der Waals surface area contributed by atoms with Crippen molar-refractivity contribution < 1.29 is 14.3 Å². The number of benzene rings is 1. The Morgan fingerprint density at radius 1 is 1.32 bits per heavy atom. The number of allylic oxidation sites excluding steroid dienone is 1. The van der Waals surface area contributed by atoms with E-state index in [4.69, 9.17) is 9.47 Å². The van der Waals surface area contributed by atoms with Crippen LogP contribution in [-0.4, -0.2) is 38.5 Å². The molecule has 3 rings (SSSR count). The Hall–Kier alpha value is -2.85. The average molecular weight is 418 g/mol. The summed E-state index contributed by atoms with van der Waals surface area (Å²) in [7, 11) is 1.62. The zero-order chi connectivity index (χ0) is 19.8. The first-order valence-corrected chi connectivity index (χ1v) is 10.2. The summed E-state index contributed by atoms with van der Waals surface area (Å²) in [4.78, 5) is 16.1. The number of thiazole rings is 1. The van der Waals surface area contributed by atoms with Gasteiger partial charge in [-0.25, -0.2) is 4.98 Å². The SMILES string of the molecule is C=CCn1c(COc2ccc(OC)cc2)nnc1SCC(=O)Nc1nccs1. The molecule has 1 aromatic carbocycles. The summed E-state index contributed by atoms with van der Waals surface area (Å²) < 4.78 is 12.8. The normalized spacial score (nSPS) is 10.5. The average Bonchev–Trinajstić information content (AvgIpc) is 3.35. The fourth-order valence-electron chi connectivity index (χ4n) is 2.24. The van der Waals surface area contributed by atoms with Gasteiger partial charge in [0, 0.05) is 18.1 Å². The number of hydrogen-bond acceptors (Lipinski definition) is 8. The minimum Gasteiger partial charge on any atom is -0.497 e. The molecule has 3 aromatic rings. The molecule has 2 aromatic heterocycles. The lowest BCUT2D eigenvalue weighted by molar-refractivity contribution is -0.113. The van der Waals surface area contributed by atoms with Gasteiger partial charge in [-0.05, 0) is 24.3 Å². The van der Waals surface area contributed by atoms with Crippen molar-refractivity contribution in [3.63, 3.8) is 0 Å². The van der Waals surface area contributed by atoms with E-state index in [-0.39, 0.29) is 18.3 Å². The number of methoxy groups -OCH3 is 1. The van der Waals surface area contributed by atoms with Crippen LogP contribution in [0.1, 0.15) is 5.82 Å². The van der Waals surface area contributed by atoms with Crippen molar-refractivity contribution in [1.29, 1.82) is 0 Å². The van der Waals surface area contributed by atoms with Gasteiger partial charge in [-0.3, -0.25) is 9.36 Å². The standard InChI is InChI=1S/C18H19N5O3S2/c1-3-9-23-15(11-26-14-6-4-13(25-2)5-7-14)21-22-18(23)28-12-16(24)20-17-19-8-10-27-17/h3-8,10H,1,9,11-12H2,2H3,(H,19,20,24). The fraction of sp³-hybridized carbons (Fsp3) is 0.222. The van der Waals surface area contributed by atoms with Crippen LogP contribution in [-0.2, 0) is 17.9 Å². The summed E-state index contributed by atoms with van der Waals surface area (Å²) in [5.41, 5.74) is 0. The maximum absolute atomic E-state index is 12.0. The van der Waals surface area contributed by atoms with E-state index in [2.05, 4.69) is 27.1 Å². The summed E-state index contributed by atoms with van der Waals surface area (Å²) in [5.74, 6) is 2.17. The number of anilines is 1. The van der Waals surface area contributed by atoms with Crippen LogP contribution in [0.3, 0.4) is 0 Å². The highest BCUT2D eigenvalue weighted by Crippen LogP contribution is 2.21. The second kappa shape index (κ2) is 9.90. The van der Waals surface area contributed by atoms with E-state index in [1.807, 2.05) is 28.8 Å². The lowest BCUT2D eigenvalue weighted by Crippen LogP contribution is -2.14. The lowest BCUT2D eigenvalue weighted by atomic mass is 10.3. The summed E-state index contributed by atoms with van der Waals surface area (Å²) in [6.07, 6.45) is 3.39. The number of nitrogens with zero attached hydrogens (tertiary/aromatic N) is 4. The summed E-state index contributed by atoms with van der Waals surface area (Å²) in [6.45, 7) is 4.54. The highest BCUT2D eigenvalue weighted by molar-refractivity contribution is 7.99. The number of rotatable bonds is 10. The van der Waals surface area contributed by atoms with Gasteiger partial charge in [-0.2, -0.15) is 0 Å². The third-order valence-electron chi connectivity index (χ3n) is 3.54. The van der Waals surface area contributed by atoms with E-state index in [0.29, 0.717) is 28.4 Å². The molecule has 0 radical (unpaired) electrons. The topological polar surface area (TPSA) is 91.2 Å². The van der Waals surface area contributed by atoms with Gasteiger partial charge in [0.2, 0.25) is 5.91 Å². The molecule has 0 spiro atoms. The van der Waals surface area contributed by atoms with Crippen LogP contribution in [0.25, 0.3) is 0 Å². The minimum atomic E-state index is -0.149. The van der Waals surface area contributed by atoms with Gasteiger partial charge in [-0.15, -0.1) is 28.1 Å². The Bertz CT molecular complexity index is 910.